The van der Waals surface area contributed by atoms with Crippen LogP contribution in [0.2, 0.25) is 0 Å². The quantitative estimate of drug-likeness (QED) is 0.922. The number of aryl methyl sites for hydroxylation is 1. The van der Waals surface area contributed by atoms with Crippen LogP contribution >= 0.6 is 11.3 Å². The highest BCUT2D eigenvalue weighted by atomic mass is 32.1. The summed E-state index contributed by atoms with van der Waals surface area (Å²) < 4.78 is 18.7. The van der Waals surface area contributed by atoms with Gasteiger partial charge in [-0.05, 0) is 26.0 Å². The third-order valence-corrected chi connectivity index (χ3v) is 3.44. The molecule has 1 aromatic carbocycles. The number of aromatic nitrogens is 1. The standard InChI is InChI=1S/C14H15FN2O2S/c1-9(19-13-6-4-3-5-12(13)15)14(18)16-7-11-8-20-10(2)17-11/h3-6,8-9H,7H2,1-2H3,(H,16,18)/t9-/m0/s1. The second-order valence-electron chi connectivity index (χ2n) is 4.27. The number of carbonyl (C=O) groups is 1. The molecule has 0 saturated carbocycles. The normalized spacial score (nSPS) is 11.9. The molecule has 1 N–H and O–H groups in total. The van der Waals surface area contributed by atoms with Crippen molar-refractivity contribution in [3.05, 3.63) is 46.2 Å². The van der Waals surface area contributed by atoms with Gasteiger partial charge < -0.3 is 10.1 Å². The lowest BCUT2D eigenvalue weighted by Crippen LogP contribution is -2.36. The average molecular weight is 294 g/mol. The fourth-order valence-electron chi connectivity index (χ4n) is 1.60. The van der Waals surface area contributed by atoms with Gasteiger partial charge in [-0.3, -0.25) is 4.79 Å². The maximum atomic E-state index is 13.4. The lowest BCUT2D eigenvalue weighted by atomic mass is 10.3. The Kier molecular flexibility index (Phi) is 4.68. The summed E-state index contributed by atoms with van der Waals surface area (Å²) in [6, 6.07) is 6.00. The molecule has 0 radical (unpaired) electrons. The van der Waals surface area contributed by atoms with Crippen molar-refractivity contribution in [3.63, 3.8) is 0 Å². The third-order valence-electron chi connectivity index (χ3n) is 2.62. The fourth-order valence-corrected chi connectivity index (χ4v) is 2.21. The minimum atomic E-state index is -0.772. The molecule has 0 unspecified atom stereocenters. The molecule has 1 atom stereocenters. The molecule has 1 heterocycles. The van der Waals surface area contributed by atoms with Crippen LogP contribution in [0.5, 0.6) is 5.75 Å². The molecule has 0 fully saturated rings. The smallest absolute Gasteiger partial charge is 0.261 e. The zero-order valence-electron chi connectivity index (χ0n) is 11.2. The van der Waals surface area contributed by atoms with Gasteiger partial charge in [0.2, 0.25) is 0 Å². The SMILES string of the molecule is Cc1nc(CNC(=O)[C@H](C)Oc2ccccc2F)cs1. The monoisotopic (exact) mass is 294 g/mol. The van der Waals surface area contributed by atoms with Crippen molar-refractivity contribution in [1.29, 1.82) is 0 Å². The number of rotatable bonds is 5. The molecule has 0 saturated heterocycles. The predicted molar refractivity (Wildman–Crippen MR) is 75.2 cm³/mol. The Bertz CT molecular complexity index is 600. The number of thiazole rings is 1. The summed E-state index contributed by atoms with van der Waals surface area (Å²) in [5.74, 6) is -0.721. The van der Waals surface area contributed by atoms with Crippen LogP contribution in [0.3, 0.4) is 0 Å². The lowest BCUT2D eigenvalue weighted by molar-refractivity contribution is -0.127. The number of para-hydroxylation sites is 1. The van der Waals surface area contributed by atoms with E-state index >= 15 is 0 Å². The third kappa shape index (κ3) is 3.77. The Morgan fingerprint density at radius 3 is 2.90 bits per heavy atom. The minimum Gasteiger partial charge on any atom is -0.478 e. The van der Waals surface area contributed by atoms with E-state index in [0.29, 0.717) is 6.54 Å². The van der Waals surface area contributed by atoms with Crippen molar-refractivity contribution in [2.75, 3.05) is 0 Å². The summed E-state index contributed by atoms with van der Waals surface area (Å²) in [5, 5.41) is 5.55. The molecule has 4 nitrogen and oxygen atoms in total. The molecular weight excluding hydrogens is 279 g/mol. The van der Waals surface area contributed by atoms with Crippen LogP contribution < -0.4 is 10.1 Å². The van der Waals surface area contributed by atoms with Gasteiger partial charge in [0.25, 0.3) is 5.91 Å². The number of halogens is 1. The van der Waals surface area contributed by atoms with Gasteiger partial charge in [-0.25, -0.2) is 9.37 Å². The summed E-state index contributed by atoms with van der Waals surface area (Å²) in [5.41, 5.74) is 0.805. The fraction of sp³-hybridized carbons (Fsp3) is 0.286. The van der Waals surface area contributed by atoms with Crippen LogP contribution in [-0.4, -0.2) is 17.0 Å². The van der Waals surface area contributed by atoms with Crippen molar-refractivity contribution < 1.29 is 13.9 Å². The summed E-state index contributed by atoms with van der Waals surface area (Å²) in [4.78, 5) is 16.1. The van der Waals surface area contributed by atoms with E-state index in [1.165, 1.54) is 23.5 Å². The molecule has 1 amide bonds. The Morgan fingerprint density at radius 1 is 1.50 bits per heavy atom. The van der Waals surface area contributed by atoms with Crippen molar-refractivity contribution in [2.24, 2.45) is 0 Å². The van der Waals surface area contributed by atoms with Crippen molar-refractivity contribution in [2.45, 2.75) is 26.5 Å². The Morgan fingerprint density at radius 2 is 2.25 bits per heavy atom. The number of amides is 1. The highest BCUT2D eigenvalue weighted by Gasteiger charge is 2.16. The van der Waals surface area contributed by atoms with Crippen molar-refractivity contribution in [3.8, 4) is 5.75 Å². The maximum Gasteiger partial charge on any atom is 0.261 e. The van der Waals surface area contributed by atoms with E-state index in [1.54, 1.807) is 19.1 Å². The van der Waals surface area contributed by atoms with E-state index in [4.69, 9.17) is 4.74 Å². The van der Waals surface area contributed by atoms with Gasteiger partial charge in [-0.1, -0.05) is 12.1 Å². The number of nitrogens with zero attached hydrogens (tertiary/aromatic N) is 1. The number of ether oxygens (including phenoxy) is 1. The van der Waals surface area contributed by atoms with Crippen LogP contribution in [0.25, 0.3) is 0 Å². The molecular formula is C14H15FN2O2S. The first-order valence-corrected chi connectivity index (χ1v) is 7.04. The highest BCUT2D eigenvalue weighted by Crippen LogP contribution is 2.17. The van der Waals surface area contributed by atoms with Crippen molar-refractivity contribution >= 4 is 17.2 Å². The van der Waals surface area contributed by atoms with E-state index in [1.807, 2.05) is 12.3 Å². The van der Waals surface area contributed by atoms with Gasteiger partial charge in [0.1, 0.15) is 0 Å². The van der Waals surface area contributed by atoms with E-state index < -0.39 is 11.9 Å². The molecule has 6 heteroatoms. The summed E-state index contributed by atoms with van der Waals surface area (Å²) in [6.45, 7) is 3.82. The molecule has 20 heavy (non-hydrogen) atoms. The van der Waals surface area contributed by atoms with Gasteiger partial charge in [-0.2, -0.15) is 0 Å². The van der Waals surface area contributed by atoms with E-state index in [-0.39, 0.29) is 11.7 Å². The number of carbonyl (C=O) groups excluding carboxylic acids is 1. The van der Waals surface area contributed by atoms with Crippen LogP contribution in [0.15, 0.2) is 29.6 Å². The topological polar surface area (TPSA) is 51.2 Å². The number of hydrogen-bond acceptors (Lipinski definition) is 4. The van der Waals surface area contributed by atoms with E-state index in [0.717, 1.165) is 10.7 Å². The minimum absolute atomic E-state index is 0.0691. The Balaban J connectivity index is 1.87. The first-order valence-electron chi connectivity index (χ1n) is 6.16. The Hall–Kier alpha value is -1.95. The first kappa shape index (κ1) is 14.5. The van der Waals surface area contributed by atoms with Gasteiger partial charge in [0.15, 0.2) is 17.7 Å². The van der Waals surface area contributed by atoms with Crippen LogP contribution in [0.4, 0.5) is 4.39 Å². The number of hydrogen-bond donors (Lipinski definition) is 1. The molecule has 2 rings (SSSR count). The molecule has 2 aromatic rings. The molecule has 0 bridgehead atoms. The van der Waals surface area contributed by atoms with Crippen LogP contribution in [-0.2, 0) is 11.3 Å². The molecule has 0 aliphatic rings. The first-order chi connectivity index (χ1) is 9.56. The molecule has 0 spiro atoms. The van der Waals surface area contributed by atoms with Crippen LogP contribution in [0.1, 0.15) is 17.6 Å². The highest BCUT2D eigenvalue weighted by molar-refractivity contribution is 7.09. The molecule has 1 aromatic heterocycles. The summed E-state index contributed by atoms with van der Waals surface area (Å²) in [7, 11) is 0. The molecule has 106 valence electrons. The lowest BCUT2D eigenvalue weighted by Gasteiger charge is -2.14. The Labute approximate surface area is 120 Å². The van der Waals surface area contributed by atoms with Gasteiger partial charge >= 0.3 is 0 Å². The van der Waals surface area contributed by atoms with Crippen LogP contribution in [0, 0.1) is 12.7 Å². The average Bonchev–Trinajstić information content (AvgIpc) is 2.84. The zero-order chi connectivity index (χ0) is 14.5. The van der Waals surface area contributed by atoms with Gasteiger partial charge in [0.05, 0.1) is 17.2 Å². The largest absolute Gasteiger partial charge is 0.478 e. The summed E-state index contributed by atoms with van der Waals surface area (Å²) >= 11 is 1.53. The van der Waals surface area contributed by atoms with Crippen molar-refractivity contribution in [1.82, 2.24) is 10.3 Å². The molecule has 0 aliphatic carbocycles. The van der Waals surface area contributed by atoms with Gasteiger partial charge in [0, 0.05) is 5.38 Å². The molecule has 0 aliphatic heterocycles. The maximum absolute atomic E-state index is 13.4. The number of nitrogens with one attached hydrogen (secondary N) is 1. The second-order valence-corrected chi connectivity index (χ2v) is 5.33. The predicted octanol–water partition coefficient (Wildman–Crippen LogP) is 2.67. The summed E-state index contributed by atoms with van der Waals surface area (Å²) in [6.07, 6.45) is -0.772. The van der Waals surface area contributed by atoms with E-state index in [9.17, 15) is 9.18 Å². The van der Waals surface area contributed by atoms with E-state index in [2.05, 4.69) is 10.3 Å². The zero-order valence-corrected chi connectivity index (χ0v) is 12.0. The van der Waals surface area contributed by atoms with Gasteiger partial charge in [-0.15, -0.1) is 11.3 Å². The second kappa shape index (κ2) is 6.47. The number of benzene rings is 1.